The molecular formula is C66H97N5O14S2. The van der Waals surface area contributed by atoms with Crippen molar-refractivity contribution in [3.63, 3.8) is 0 Å². The average molecular weight is 1250 g/mol. The van der Waals surface area contributed by atoms with Crippen LogP contribution in [0.15, 0.2) is 107 Å². The number of likely N-dealkylation sites (tertiary alicyclic amines) is 2. The van der Waals surface area contributed by atoms with Gasteiger partial charge >= 0.3 is 6.03 Å². The van der Waals surface area contributed by atoms with Crippen molar-refractivity contribution in [2.24, 2.45) is 0 Å². The Labute approximate surface area is 518 Å². The molecule has 482 valence electrons. The van der Waals surface area contributed by atoms with E-state index in [1.54, 1.807) is 55.5 Å². The third kappa shape index (κ3) is 23.7. The van der Waals surface area contributed by atoms with Gasteiger partial charge in [0, 0.05) is 45.7 Å². The van der Waals surface area contributed by atoms with Gasteiger partial charge in [0.25, 0.3) is 0 Å². The standard InChI is InChI=1S/C44H70N4O11S.C22H27NO3S/c1-2-53-28-29-57-33-30-54-25-11-14-38(49)13-5-3-8-20-45-44(50)46-21-26-55-31-34-58-35-32-56-27-22-47-60(51,52)40-18-16-39(17-19-40)59-43-41-15-7-6-12-37(41)36-42(43)48-23-9-4-10-24-48;1-2-27(24,25)19-12-10-18(11-13-19)26-22-20-9-5-4-8-17(20)16-21(22)23-14-6-3-7-15-23/h6-7,12,15-19,42-43,47H,2-5,8-11,13-14,20-36H2,1H3,(H2,45,46,50);4-5,8-13,21-22H,2-3,6-7,14-16H2,1H3/t42-,43-;21-,22-/m00/s1. The number of sulfone groups is 1. The normalized spacial score (nSPS) is 18.7. The number of nitrogens with zero attached hydrogens (tertiary/aromatic N) is 2. The molecule has 0 bridgehead atoms. The lowest BCUT2D eigenvalue weighted by Gasteiger charge is -2.35. The minimum atomic E-state index is -3.71. The summed E-state index contributed by atoms with van der Waals surface area (Å²) in [6, 6.07) is 30.9. The number of rotatable bonds is 39. The predicted octanol–water partition coefficient (Wildman–Crippen LogP) is 8.83. The molecule has 0 saturated carbocycles. The summed E-state index contributed by atoms with van der Waals surface area (Å²) in [5, 5.41) is 5.57. The van der Waals surface area contributed by atoms with Crippen LogP contribution in [0.3, 0.4) is 0 Å². The van der Waals surface area contributed by atoms with Crippen molar-refractivity contribution >= 4 is 31.7 Å². The Hall–Kier alpha value is -5.04. The van der Waals surface area contributed by atoms with Crippen LogP contribution in [-0.4, -0.2) is 181 Å². The van der Waals surface area contributed by atoms with E-state index in [1.807, 2.05) is 6.92 Å². The van der Waals surface area contributed by atoms with Gasteiger partial charge in [-0.3, -0.25) is 14.6 Å². The zero-order chi connectivity index (χ0) is 61.4. The van der Waals surface area contributed by atoms with E-state index >= 15 is 0 Å². The van der Waals surface area contributed by atoms with Crippen LogP contribution in [0.1, 0.15) is 125 Å². The van der Waals surface area contributed by atoms with Crippen molar-refractivity contribution in [1.29, 1.82) is 0 Å². The average Bonchev–Trinajstić information content (AvgIpc) is 2.10. The Bertz CT molecular complexity index is 2840. The van der Waals surface area contributed by atoms with Crippen LogP contribution in [0.25, 0.3) is 0 Å². The smallest absolute Gasteiger partial charge is 0.314 e. The first-order valence-corrected chi connectivity index (χ1v) is 35.0. The molecule has 2 heterocycles. The van der Waals surface area contributed by atoms with E-state index < -0.39 is 19.9 Å². The molecule has 2 fully saturated rings. The molecule has 0 spiro atoms. The molecule has 2 saturated heterocycles. The molecule has 0 unspecified atom stereocenters. The van der Waals surface area contributed by atoms with E-state index in [1.165, 1.54) is 60.8 Å². The molecule has 2 amide bonds. The second kappa shape index (κ2) is 38.5. The number of urea groups is 1. The number of Topliss-reactive ketones (excluding diaryl/α,β-unsaturated/α-hetero) is 1. The van der Waals surface area contributed by atoms with Crippen LogP contribution in [0.5, 0.6) is 11.5 Å². The van der Waals surface area contributed by atoms with Gasteiger partial charge in [-0.2, -0.15) is 0 Å². The maximum absolute atomic E-state index is 12.9. The molecular weight excluding hydrogens is 1150 g/mol. The minimum Gasteiger partial charge on any atom is -0.484 e. The zero-order valence-corrected chi connectivity index (χ0v) is 53.1. The molecule has 4 aromatic rings. The number of hydrogen-bond acceptors (Lipinski definition) is 16. The number of carbonyl (C=O) groups excluding carboxylic acids is 2. The number of unbranched alkanes of at least 4 members (excludes halogenated alkanes) is 2. The molecule has 2 aliphatic carbocycles. The van der Waals surface area contributed by atoms with Gasteiger partial charge in [-0.25, -0.2) is 26.4 Å². The zero-order valence-electron chi connectivity index (χ0n) is 51.5. The van der Waals surface area contributed by atoms with E-state index in [2.05, 4.69) is 73.7 Å². The van der Waals surface area contributed by atoms with Crippen LogP contribution in [0.4, 0.5) is 4.79 Å². The van der Waals surface area contributed by atoms with Crippen LogP contribution in [-0.2, 0) is 65.9 Å². The fourth-order valence-electron chi connectivity index (χ4n) is 11.5. The highest BCUT2D eigenvalue weighted by atomic mass is 32.2. The molecule has 8 rings (SSSR count). The van der Waals surface area contributed by atoms with Gasteiger partial charge in [0.2, 0.25) is 10.0 Å². The van der Waals surface area contributed by atoms with Crippen molar-refractivity contribution in [2.75, 3.05) is 131 Å². The first-order valence-electron chi connectivity index (χ1n) is 31.8. The number of ether oxygens (including phenoxy) is 8. The topological polar surface area (TPSA) is 219 Å². The second-order valence-electron chi connectivity index (χ2n) is 22.3. The van der Waals surface area contributed by atoms with Gasteiger partial charge < -0.3 is 48.5 Å². The molecule has 21 heteroatoms. The Morgan fingerprint density at radius 3 is 1.44 bits per heavy atom. The summed E-state index contributed by atoms with van der Waals surface area (Å²) in [5.74, 6) is 1.73. The summed E-state index contributed by atoms with van der Waals surface area (Å²) in [7, 11) is -6.89. The van der Waals surface area contributed by atoms with Gasteiger partial charge in [0.15, 0.2) is 9.84 Å². The van der Waals surface area contributed by atoms with Crippen molar-refractivity contribution in [2.45, 2.75) is 138 Å². The van der Waals surface area contributed by atoms with Gasteiger partial charge in [-0.15, -0.1) is 0 Å². The van der Waals surface area contributed by atoms with E-state index in [-0.39, 0.29) is 53.9 Å². The van der Waals surface area contributed by atoms with E-state index in [9.17, 15) is 26.4 Å². The van der Waals surface area contributed by atoms with Crippen LogP contribution in [0, 0.1) is 0 Å². The maximum atomic E-state index is 12.9. The van der Waals surface area contributed by atoms with Crippen molar-refractivity contribution in [3.05, 3.63) is 119 Å². The number of benzene rings is 4. The van der Waals surface area contributed by atoms with Crippen molar-refractivity contribution in [1.82, 2.24) is 25.2 Å². The maximum Gasteiger partial charge on any atom is 0.314 e. The lowest BCUT2D eigenvalue weighted by Crippen LogP contribution is -2.43. The van der Waals surface area contributed by atoms with E-state index in [4.69, 9.17) is 37.9 Å². The van der Waals surface area contributed by atoms with Crippen LogP contribution in [0.2, 0.25) is 0 Å². The Kier molecular flexibility index (Phi) is 30.7. The fourth-order valence-corrected chi connectivity index (χ4v) is 13.4. The van der Waals surface area contributed by atoms with E-state index in [0.717, 1.165) is 64.0 Å². The number of piperidine rings is 2. The lowest BCUT2D eigenvalue weighted by atomic mass is 10.0. The predicted molar refractivity (Wildman–Crippen MR) is 336 cm³/mol. The molecule has 3 N–H and O–H groups in total. The number of hydrogen-bond donors (Lipinski definition) is 3. The number of fused-ring (bicyclic) bond motifs is 2. The summed E-state index contributed by atoms with van der Waals surface area (Å²) in [4.78, 5) is 29.7. The summed E-state index contributed by atoms with van der Waals surface area (Å²) in [6.07, 6.45) is 13.7. The highest BCUT2D eigenvalue weighted by molar-refractivity contribution is 7.91. The lowest BCUT2D eigenvalue weighted by molar-refractivity contribution is -0.119. The summed E-state index contributed by atoms with van der Waals surface area (Å²) in [6.45, 7) is 14.5. The highest BCUT2D eigenvalue weighted by Crippen LogP contribution is 2.41. The van der Waals surface area contributed by atoms with Gasteiger partial charge in [-0.1, -0.05) is 74.7 Å². The molecule has 0 aromatic heterocycles. The van der Waals surface area contributed by atoms with Crippen LogP contribution < -0.4 is 24.8 Å². The summed E-state index contributed by atoms with van der Waals surface area (Å²) >= 11 is 0. The first kappa shape index (κ1) is 69.4. The third-order valence-corrected chi connectivity index (χ3v) is 19.4. The van der Waals surface area contributed by atoms with Crippen molar-refractivity contribution < 1.29 is 64.3 Å². The SMILES string of the molecule is CCOCCOCCOCCCC(=O)CCCCCNC(=O)NCCOCCOCCOCCNS(=O)(=O)c1ccc(O[C@H]2c3ccccc3C[C@@H]2N2CCCCC2)cc1.CCS(=O)(=O)c1ccc(O[C@H]2c3ccccc3C[C@@H]2N2CCCCC2)cc1. The number of ketones is 1. The number of amides is 2. The third-order valence-electron chi connectivity index (χ3n) is 16.1. The second-order valence-corrected chi connectivity index (χ2v) is 26.4. The molecule has 87 heavy (non-hydrogen) atoms. The first-order chi connectivity index (χ1) is 42.5. The van der Waals surface area contributed by atoms with Crippen LogP contribution >= 0.6 is 0 Å². The van der Waals surface area contributed by atoms with E-state index in [0.29, 0.717) is 122 Å². The quantitative estimate of drug-likeness (QED) is 0.0355. The van der Waals surface area contributed by atoms with Gasteiger partial charge in [0.05, 0.1) is 93.7 Å². The Morgan fingerprint density at radius 1 is 0.471 bits per heavy atom. The molecule has 2 aliphatic heterocycles. The fraction of sp³-hybridized carbons (Fsp3) is 0.606. The molecule has 4 aliphatic rings. The highest BCUT2D eigenvalue weighted by Gasteiger charge is 2.40. The Morgan fingerprint density at radius 2 is 0.920 bits per heavy atom. The summed E-state index contributed by atoms with van der Waals surface area (Å²) < 4.78 is 98.0. The monoisotopic (exact) mass is 1250 g/mol. The number of nitrogens with one attached hydrogen (secondary N) is 3. The molecule has 4 aromatic carbocycles. The largest absolute Gasteiger partial charge is 0.484 e. The Balaban J connectivity index is 0.000000329. The molecule has 0 radical (unpaired) electrons. The minimum absolute atomic E-state index is 0.00654. The van der Waals surface area contributed by atoms with Gasteiger partial charge in [0.1, 0.15) is 29.5 Å². The number of sulfonamides is 1. The number of carbonyl (C=O) groups is 2. The molecule has 4 atom stereocenters. The molecule has 19 nitrogen and oxygen atoms in total. The van der Waals surface area contributed by atoms with Gasteiger partial charge in [-0.05, 0) is 162 Å². The summed E-state index contributed by atoms with van der Waals surface area (Å²) in [5.41, 5.74) is 5.16. The van der Waals surface area contributed by atoms with Crippen molar-refractivity contribution in [3.8, 4) is 11.5 Å².